The Balaban J connectivity index is 1.79. The average Bonchev–Trinajstić information content (AvgIpc) is 2.73. The molecule has 1 fully saturated rings. The Kier molecular flexibility index (Phi) is 5.86. The van der Waals surface area contributed by atoms with Gasteiger partial charge in [0.2, 0.25) is 0 Å². The zero-order chi connectivity index (χ0) is 20.4. The third kappa shape index (κ3) is 4.30. The second-order valence-corrected chi connectivity index (χ2v) is 8.59. The van der Waals surface area contributed by atoms with Gasteiger partial charge in [0, 0.05) is 28.5 Å². The highest BCUT2D eigenvalue weighted by atomic mass is 79.9. The van der Waals surface area contributed by atoms with Gasteiger partial charge in [-0.25, -0.2) is 4.98 Å². The first-order chi connectivity index (χ1) is 14.0. The van der Waals surface area contributed by atoms with Crippen molar-refractivity contribution < 1.29 is 9.53 Å². The van der Waals surface area contributed by atoms with Crippen LogP contribution in [0, 0.1) is 5.92 Å². The van der Waals surface area contributed by atoms with Gasteiger partial charge in [-0.2, -0.15) is 0 Å². The summed E-state index contributed by atoms with van der Waals surface area (Å²) in [6.45, 7) is 6.45. The van der Waals surface area contributed by atoms with E-state index >= 15 is 0 Å². The van der Waals surface area contributed by atoms with Crippen LogP contribution in [0.5, 0.6) is 5.75 Å². The van der Waals surface area contributed by atoms with Crippen molar-refractivity contribution in [2.24, 2.45) is 5.92 Å². The van der Waals surface area contributed by atoms with Gasteiger partial charge < -0.3 is 9.64 Å². The molecule has 0 aliphatic carbocycles. The van der Waals surface area contributed by atoms with Crippen molar-refractivity contribution in [3.05, 3.63) is 58.6 Å². The lowest BCUT2D eigenvalue weighted by atomic mass is 9.98. The third-order valence-electron chi connectivity index (χ3n) is 5.41. The Morgan fingerprint density at radius 2 is 2.00 bits per heavy atom. The number of pyridine rings is 1. The molecular formula is C24H25BrN2O2. The molecule has 1 saturated heterocycles. The zero-order valence-corrected chi connectivity index (χ0v) is 18.4. The van der Waals surface area contributed by atoms with Crippen LogP contribution in [0.4, 0.5) is 0 Å². The maximum atomic E-state index is 13.5. The molecule has 2 heterocycles. The summed E-state index contributed by atoms with van der Waals surface area (Å²) in [6.07, 6.45) is 2.25. The average molecular weight is 453 g/mol. The standard InChI is InChI=1S/C24H25BrN2O2/c1-3-29-19-9-6-17(7-10-19)23-14-21(20-13-18(25)8-11-22(20)26-23)24(28)27-12-4-5-16(2)15-27/h6-11,13-14,16H,3-5,12,15H2,1-2H3. The molecule has 5 heteroatoms. The van der Waals surface area contributed by atoms with Crippen LogP contribution in [-0.4, -0.2) is 35.5 Å². The molecular weight excluding hydrogens is 428 g/mol. The minimum Gasteiger partial charge on any atom is -0.494 e. The Morgan fingerprint density at radius 1 is 1.21 bits per heavy atom. The third-order valence-corrected chi connectivity index (χ3v) is 5.90. The quantitative estimate of drug-likeness (QED) is 0.492. The summed E-state index contributed by atoms with van der Waals surface area (Å²) in [4.78, 5) is 20.3. The van der Waals surface area contributed by atoms with Gasteiger partial charge in [0.05, 0.1) is 23.4 Å². The van der Waals surface area contributed by atoms with Crippen molar-refractivity contribution in [2.45, 2.75) is 26.7 Å². The second-order valence-electron chi connectivity index (χ2n) is 7.67. The topological polar surface area (TPSA) is 42.4 Å². The number of likely N-dealkylation sites (tertiary alicyclic amines) is 1. The van der Waals surface area contributed by atoms with E-state index in [-0.39, 0.29) is 5.91 Å². The van der Waals surface area contributed by atoms with Gasteiger partial charge in [0.25, 0.3) is 5.91 Å². The lowest BCUT2D eigenvalue weighted by Gasteiger charge is -2.31. The van der Waals surface area contributed by atoms with Gasteiger partial charge in [-0.15, -0.1) is 0 Å². The van der Waals surface area contributed by atoms with E-state index in [2.05, 4.69) is 22.9 Å². The van der Waals surface area contributed by atoms with Crippen LogP contribution >= 0.6 is 15.9 Å². The fourth-order valence-corrected chi connectivity index (χ4v) is 4.32. The van der Waals surface area contributed by atoms with E-state index in [1.807, 2.05) is 60.4 Å². The van der Waals surface area contributed by atoms with E-state index in [9.17, 15) is 4.79 Å². The Bertz CT molecular complexity index is 1030. The number of hydrogen-bond donors (Lipinski definition) is 0. The number of nitrogens with zero attached hydrogens (tertiary/aromatic N) is 2. The smallest absolute Gasteiger partial charge is 0.254 e. The lowest BCUT2D eigenvalue weighted by molar-refractivity contribution is 0.0685. The van der Waals surface area contributed by atoms with Gasteiger partial charge in [-0.1, -0.05) is 22.9 Å². The fraction of sp³-hybridized carbons (Fsp3) is 0.333. The van der Waals surface area contributed by atoms with Crippen LogP contribution in [0.15, 0.2) is 53.0 Å². The highest BCUT2D eigenvalue weighted by Gasteiger charge is 2.24. The van der Waals surface area contributed by atoms with Crippen LogP contribution in [0.2, 0.25) is 0 Å². The summed E-state index contributed by atoms with van der Waals surface area (Å²) < 4.78 is 6.49. The molecule has 1 atom stereocenters. The van der Waals surface area contributed by atoms with Crippen LogP contribution in [0.3, 0.4) is 0 Å². The normalized spacial score (nSPS) is 16.8. The molecule has 29 heavy (non-hydrogen) atoms. The minimum absolute atomic E-state index is 0.0919. The fourth-order valence-electron chi connectivity index (χ4n) is 3.96. The first-order valence-electron chi connectivity index (χ1n) is 10.2. The number of aromatic nitrogens is 1. The molecule has 1 aromatic heterocycles. The summed E-state index contributed by atoms with van der Waals surface area (Å²) in [5, 5.41) is 0.886. The van der Waals surface area contributed by atoms with Gasteiger partial charge in [-0.05, 0) is 74.2 Å². The van der Waals surface area contributed by atoms with Gasteiger partial charge in [0.1, 0.15) is 5.75 Å². The highest BCUT2D eigenvalue weighted by Crippen LogP contribution is 2.30. The largest absolute Gasteiger partial charge is 0.494 e. The maximum absolute atomic E-state index is 13.5. The first kappa shape index (κ1) is 19.9. The van der Waals surface area contributed by atoms with Crippen molar-refractivity contribution in [1.29, 1.82) is 0 Å². The molecule has 0 radical (unpaired) electrons. The molecule has 4 nitrogen and oxygen atoms in total. The number of carbonyl (C=O) groups excluding carboxylic acids is 1. The second kappa shape index (κ2) is 8.54. The SMILES string of the molecule is CCOc1ccc(-c2cc(C(=O)N3CCCC(C)C3)c3cc(Br)ccc3n2)cc1. The molecule has 0 N–H and O–H groups in total. The van der Waals surface area contributed by atoms with Crippen molar-refractivity contribution in [3.8, 4) is 17.0 Å². The van der Waals surface area contributed by atoms with E-state index in [1.165, 1.54) is 6.42 Å². The molecule has 150 valence electrons. The zero-order valence-electron chi connectivity index (χ0n) is 16.8. The number of fused-ring (bicyclic) bond motifs is 1. The summed E-state index contributed by atoms with van der Waals surface area (Å²) >= 11 is 3.54. The molecule has 3 aromatic rings. The lowest BCUT2D eigenvalue weighted by Crippen LogP contribution is -2.39. The van der Waals surface area contributed by atoms with Crippen molar-refractivity contribution >= 4 is 32.7 Å². The van der Waals surface area contributed by atoms with Gasteiger partial charge >= 0.3 is 0 Å². The van der Waals surface area contributed by atoms with Crippen LogP contribution in [0.1, 0.15) is 37.0 Å². The van der Waals surface area contributed by atoms with Crippen LogP contribution in [0.25, 0.3) is 22.2 Å². The molecule has 2 aromatic carbocycles. The molecule has 0 bridgehead atoms. The molecule has 1 aliphatic heterocycles. The monoisotopic (exact) mass is 452 g/mol. The number of amides is 1. The van der Waals surface area contributed by atoms with E-state index in [0.717, 1.165) is 51.9 Å². The number of benzene rings is 2. The number of rotatable bonds is 4. The number of piperidine rings is 1. The number of hydrogen-bond acceptors (Lipinski definition) is 3. The first-order valence-corrected chi connectivity index (χ1v) is 11.0. The van der Waals surface area contributed by atoms with E-state index in [1.54, 1.807) is 0 Å². The predicted octanol–water partition coefficient (Wildman–Crippen LogP) is 5.94. The maximum Gasteiger partial charge on any atom is 0.254 e. The molecule has 1 amide bonds. The summed E-state index contributed by atoms with van der Waals surface area (Å²) in [7, 11) is 0. The molecule has 1 aliphatic rings. The van der Waals surface area contributed by atoms with E-state index < -0.39 is 0 Å². The Hall–Kier alpha value is -2.40. The van der Waals surface area contributed by atoms with Crippen molar-refractivity contribution in [2.75, 3.05) is 19.7 Å². The highest BCUT2D eigenvalue weighted by molar-refractivity contribution is 9.10. The van der Waals surface area contributed by atoms with Crippen molar-refractivity contribution in [3.63, 3.8) is 0 Å². The Morgan fingerprint density at radius 3 is 2.72 bits per heavy atom. The molecule has 0 spiro atoms. The minimum atomic E-state index is 0.0919. The summed E-state index contributed by atoms with van der Waals surface area (Å²) in [5.74, 6) is 1.46. The predicted molar refractivity (Wildman–Crippen MR) is 120 cm³/mol. The van der Waals surface area contributed by atoms with Gasteiger partial charge in [0.15, 0.2) is 0 Å². The van der Waals surface area contributed by atoms with Crippen LogP contribution < -0.4 is 4.74 Å². The summed E-state index contributed by atoms with van der Waals surface area (Å²) in [6, 6.07) is 15.7. The summed E-state index contributed by atoms with van der Waals surface area (Å²) in [5.41, 5.74) is 3.32. The number of carbonyl (C=O) groups is 1. The van der Waals surface area contributed by atoms with E-state index in [0.29, 0.717) is 18.1 Å². The van der Waals surface area contributed by atoms with Crippen molar-refractivity contribution in [1.82, 2.24) is 9.88 Å². The molecule has 4 rings (SSSR count). The number of ether oxygens (including phenoxy) is 1. The van der Waals surface area contributed by atoms with Crippen LogP contribution in [-0.2, 0) is 0 Å². The van der Waals surface area contributed by atoms with Gasteiger partial charge in [-0.3, -0.25) is 4.79 Å². The Labute approximate surface area is 180 Å². The molecule has 1 unspecified atom stereocenters. The molecule has 0 saturated carbocycles. The number of halogens is 1. The van der Waals surface area contributed by atoms with E-state index in [4.69, 9.17) is 9.72 Å².